The maximum Gasteiger partial charge on any atom is 0.296 e. The Morgan fingerprint density at radius 2 is 1.83 bits per heavy atom. The topological polar surface area (TPSA) is 114 Å². The number of Topliss-reactive ketones (excluding diaryl/α,β-unsaturated/α-hetero) is 1. The number of carbonyl (C=O) groups excluding carboxylic acids is 2. The van der Waals surface area contributed by atoms with Crippen LogP contribution in [0.5, 0.6) is 0 Å². The van der Waals surface area contributed by atoms with Gasteiger partial charge in [-0.05, 0) is 17.7 Å². The van der Waals surface area contributed by atoms with E-state index in [1.165, 1.54) is 29.4 Å². The number of likely N-dealkylation sites (tertiary alicyclic amines) is 1. The van der Waals surface area contributed by atoms with Crippen LogP contribution in [0.15, 0.2) is 83.0 Å². The van der Waals surface area contributed by atoms with Crippen LogP contribution in [0.25, 0.3) is 5.76 Å². The third-order valence-corrected chi connectivity index (χ3v) is 4.89. The molecule has 1 aliphatic heterocycles. The number of ketones is 1. The highest BCUT2D eigenvalue weighted by Crippen LogP contribution is 2.40. The summed E-state index contributed by atoms with van der Waals surface area (Å²) in [6, 6.07) is 16.6. The molecular formula is C22H16N2O6. The van der Waals surface area contributed by atoms with E-state index in [9.17, 15) is 24.8 Å². The smallest absolute Gasteiger partial charge is 0.296 e. The maximum absolute atomic E-state index is 12.9. The number of nitro benzene ring substituents is 1. The molecule has 0 bridgehead atoms. The first kappa shape index (κ1) is 19.1. The van der Waals surface area contributed by atoms with Gasteiger partial charge < -0.3 is 14.4 Å². The van der Waals surface area contributed by atoms with Gasteiger partial charge in [0, 0.05) is 17.7 Å². The zero-order valence-corrected chi connectivity index (χ0v) is 15.6. The van der Waals surface area contributed by atoms with Crippen molar-refractivity contribution in [2.75, 3.05) is 0 Å². The first-order valence-electron chi connectivity index (χ1n) is 9.08. The second-order valence-electron chi connectivity index (χ2n) is 6.72. The second kappa shape index (κ2) is 7.67. The summed E-state index contributed by atoms with van der Waals surface area (Å²) >= 11 is 0. The number of nitrogens with zero attached hydrogens (tertiary/aromatic N) is 2. The molecule has 2 heterocycles. The van der Waals surface area contributed by atoms with Gasteiger partial charge in [-0.15, -0.1) is 0 Å². The average Bonchev–Trinajstić information content (AvgIpc) is 3.36. The van der Waals surface area contributed by atoms with Crippen molar-refractivity contribution in [2.45, 2.75) is 12.6 Å². The van der Waals surface area contributed by atoms with Gasteiger partial charge in [0.15, 0.2) is 0 Å². The van der Waals surface area contributed by atoms with Gasteiger partial charge >= 0.3 is 0 Å². The number of hydrogen-bond acceptors (Lipinski definition) is 6. The van der Waals surface area contributed by atoms with Crippen LogP contribution in [0, 0.1) is 10.1 Å². The van der Waals surface area contributed by atoms with Gasteiger partial charge in [-0.2, -0.15) is 0 Å². The van der Waals surface area contributed by atoms with Crippen molar-refractivity contribution in [3.8, 4) is 0 Å². The van der Waals surface area contributed by atoms with E-state index in [-0.39, 0.29) is 23.4 Å². The van der Waals surface area contributed by atoms with Crippen molar-refractivity contribution < 1.29 is 24.0 Å². The molecule has 8 nitrogen and oxygen atoms in total. The number of furan rings is 1. The van der Waals surface area contributed by atoms with Crippen LogP contribution in [0.4, 0.5) is 5.69 Å². The van der Waals surface area contributed by atoms with E-state index >= 15 is 0 Å². The molecule has 0 spiro atoms. The molecule has 3 aromatic rings. The highest BCUT2D eigenvalue weighted by molar-refractivity contribution is 6.46. The van der Waals surface area contributed by atoms with E-state index in [2.05, 4.69) is 0 Å². The number of non-ortho nitro benzene ring substituents is 1. The first-order chi connectivity index (χ1) is 14.5. The summed E-state index contributed by atoms with van der Waals surface area (Å²) in [6.07, 6.45) is 1.46. The van der Waals surface area contributed by atoms with Crippen molar-refractivity contribution in [2.24, 2.45) is 0 Å². The molecule has 30 heavy (non-hydrogen) atoms. The SMILES string of the molecule is O=C1C(=O)N(Cc2ccco2)C(c2ccccc2)/C1=C(\O)c1cccc([N+](=O)[O-])c1. The molecule has 1 aromatic heterocycles. The highest BCUT2D eigenvalue weighted by Gasteiger charge is 2.46. The fourth-order valence-electron chi connectivity index (χ4n) is 3.52. The molecule has 1 fully saturated rings. The van der Waals surface area contributed by atoms with E-state index in [0.717, 1.165) is 6.07 Å². The lowest BCUT2D eigenvalue weighted by Crippen LogP contribution is -2.29. The van der Waals surface area contributed by atoms with E-state index in [1.54, 1.807) is 42.5 Å². The molecule has 0 aliphatic carbocycles. The minimum Gasteiger partial charge on any atom is -0.507 e. The summed E-state index contributed by atoms with van der Waals surface area (Å²) in [5, 5.41) is 22.0. The second-order valence-corrected chi connectivity index (χ2v) is 6.72. The molecule has 0 radical (unpaired) electrons. The van der Waals surface area contributed by atoms with Crippen LogP contribution in [0.2, 0.25) is 0 Å². The number of rotatable bonds is 5. The van der Waals surface area contributed by atoms with Gasteiger partial charge in [-0.3, -0.25) is 19.7 Å². The number of benzene rings is 2. The van der Waals surface area contributed by atoms with Gasteiger partial charge in [-0.25, -0.2) is 0 Å². The standard InChI is InChI=1S/C22H16N2O6/c25-20(15-8-4-9-16(12-15)24(28)29)18-19(14-6-2-1-3-7-14)23(22(27)21(18)26)13-17-10-5-11-30-17/h1-12,19,25H,13H2/b20-18+. The molecule has 8 heteroatoms. The van der Waals surface area contributed by atoms with Crippen LogP contribution in [0.3, 0.4) is 0 Å². The molecule has 0 saturated carbocycles. The number of nitro groups is 1. The molecule has 1 atom stereocenters. The molecule has 1 amide bonds. The predicted octanol–water partition coefficient (Wildman–Crippen LogP) is 3.81. The first-order valence-corrected chi connectivity index (χ1v) is 9.08. The lowest BCUT2D eigenvalue weighted by atomic mass is 9.95. The van der Waals surface area contributed by atoms with Crippen molar-refractivity contribution in [3.63, 3.8) is 0 Å². The molecule has 2 aromatic carbocycles. The van der Waals surface area contributed by atoms with E-state index < -0.39 is 28.4 Å². The molecular weight excluding hydrogens is 388 g/mol. The summed E-state index contributed by atoms with van der Waals surface area (Å²) in [7, 11) is 0. The van der Waals surface area contributed by atoms with Gasteiger partial charge in [0.1, 0.15) is 11.5 Å². The maximum atomic E-state index is 12.9. The predicted molar refractivity (Wildman–Crippen MR) is 106 cm³/mol. The molecule has 1 unspecified atom stereocenters. The van der Waals surface area contributed by atoms with E-state index in [1.807, 2.05) is 0 Å². The molecule has 150 valence electrons. The number of amides is 1. The van der Waals surface area contributed by atoms with Gasteiger partial charge in [-0.1, -0.05) is 42.5 Å². The minimum absolute atomic E-state index is 0.0306. The van der Waals surface area contributed by atoms with Crippen molar-refractivity contribution in [3.05, 3.63) is 106 Å². The van der Waals surface area contributed by atoms with Crippen molar-refractivity contribution >= 4 is 23.1 Å². The van der Waals surface area contributed by atoms with Gasteiger partial charge in [0.25, 0.3) is 17.4 Å². The van der Waals surface area contributed by atoms with E-state index in [0.29, 0.717) is 11.3 Å². The van der Waals surface area contributed by atoms with Gasteiger partial charge in [0.2, 0.25) is 0 Å². The zero-order valence-electron chi connectivity index (χ0n) is 15.6. The number of hydrogen-bond donors (Lipinski definition) is 1. The molecule has 1 N–H and O–H groups in total. The largest absolute Gasteiger partial charge is 0.507 e. The van der Waals surface area contributed by atoms with Crippen LogP contribution in [-0.4, -0.2) is 26.6 Å². The van der Waals surface area contributed by atoms with Crippen LogP contribution >= 0.6 is 0 Å². The normalized spacial score (nSPS) is 18.0. The average molecular weight is 404 g/mol. The van der Waals surface area contributed by atoms with Crippen LogP contribution < -0.4 is 0 Å². The summed E-state index contributed by atoms with van der Waals surface area (Å²) in [6.45, 7) is 0.0306. The zero-order chi connectivity index (χ0) is 21.3. The molecule has 1 aliphatic rings. The Kier molecular flexibility index (Phi) is 4.89. The lowest BCUT2D eigenvalue weighted by Gasteiger charge is -2.24. The van der Waals surface area contributed by atoms with Crippen LogP contribution in [0.1, 0.15) is 22.9 Å². The fourth-order valence-corrected chi connectivity index (χ4v) is 3.52. The van der Waals surface area contributed by atoms with Crippen molar-refractivity contribution in [1.82, 2.24) is 4.90 Å². The Bertz CT molecular complexity index is 1150. The van der Waals surface area contributed by atoms with E-state index in [4.69, 9.17) is 4.42 Å². The summed E-state index contributed by atoms with van der Waals surface area (Å²) in [4.78, 5) is 37.5. The Labute approximate surface area is 170 Å². The van der Waals surface area contributed by atoms with Crippen molar-refractivity contribution in [1.29, 1.82) is 0 Å². The highest BCUT2D eigenvalue weighted by atomic mass is 16.6. The minimum atomic E-state index is -0.865. The monoisotopic (exact) mass is 404 g/mol. The third kappa shape index (κ3) is 3.35. The Morgan fingerprint density at radius 1 is 1.07 bits per heavy atom. The Morgan fingerprint density at radius 3 is 2.50 bits per heavy atom. The molecule has 4 rings (SSSR count). The van der Waals surface area contributed by atoms with Gasteiger partial charge in [0.05, 0.1) is 29.3 Å². The number of aliphatic hydroxyl groups is 1. The summed E-state index contributed by atoms with van der Waals surface area (Å²) < 4.78 is 5.33. The summed E-state index contributed by atoms with van der Waals surface area (Å²) in [5.41, 5.74) is 0.342. The third-order valence-electron chi connectivity index (χ3n) is 4.89. The summed E-state index contributed by atoms with van der Waals surface area (Å²) in [5.74, 6) is -1.63. The fraction of sp³-hybridized carbons (Fsp3) is 0.0909. The Balaban J connectivity index is 1.87. The lowest BCUT2D eigenvalue weighted by molar-refractivity contribution is -0.384. The number of aliphatic hydroxyl groups excluding tert-OH is 1. The van der Waals surface area contributed by atoms with Crippen LogP contribution in [-0.2, 0) is 16.1 Å². The Hall–Kier alpha value is -4.20. The quantitative estimate of drug-likeness (QED) is 0.227. The molecule has 1 saturated heterocycles. The number of carbonyl (C=O) groups is 2.